The average Bonchev–Trinajstić information content (AvgIpc) is 2.87. The topological polar surface area (TPSA) is 60.9 Å². The first kappa shape index (κ1) is 12.0. The lowest BCUT2D eigenvalue weighted by Crippen LogP contribution is -1.99. The molecule has 0 saturated heterocycles. The van der Waals surface area contributed by atoms with Crippen molar-refractivity contribution >= 4 is 32.5 Å². The Labute approximate surface area is 118 Å². The number of hydrogen-bond acceptors (Lipinski definition) is 3. The maximum atomic E-state index is 9.45. The fourth-order valence-corrected chi connectivity index (χ4v) is 2.34. The smallest absolute Gasteiger partial charge is 0.129 e. The third-order valence-electron chi connectivity index (χ3n) is 2.95. The summed E-state index contributed by atoms with van der Waals surface area (Å²) >= 11 is 3.31. The number of aromatic amines is 1. The monoisotopic (exact) mass is 317 g/mol. The summed E-state index contributed by atoms with van der Waals surface area (Å²) < 4.78 is 0.706. The number of halogens is 1. The first-order valence-corrected chi connectivity index (χ1v) is 6.66. The Morgan fingerprint density at radius 2 is 2.11 bits per heavy atom. The van der Waals surface area contributed by atoms with Crippen molar-refractivity contribution in [3.05, 3.63) is 52.6 Å². The largest absolute Gasteiger partial charge is 0.507 e. The number of phenolic OH excluding ortho intramolecular Hbond substituents is 1. The number of fused-ring (bicyclic) bond motifs is 1. The van der Waals surface area contributed by atoms with Crippen LogP contribution in [0.4, 0.5) is 5.69 Å². The van der Waals surface area contributed by atoms with Crippen LogP contribution in [0, 0.1) is 0 Å². The second-order valence-electron chi connectivity index (χ2n) is 4.31. The van der Waals surface area contributed by atoms with Crippen LogP contribution in [0.3, 0.4) is 0 Å². The minimum absolute atomic E-state index is 0.253. The predicted molar refractivity (Wildman–Crippen MR) is 79.2 cm³/mol. The van der Waals surface area contributed by atoms with Gasteiger partial charge in [-0.1, -0.05) is 6.07 Å². The van der Waals surface area contributed by atoms with E-state index in [-0.39, 0.29) is 5.75 Å². The van der Waals surface area contributed by atoms with Crippen molar-refractivity contribution in [3.63, 3.8) is 0 Å². The van der Waals surface area contributed by atoms with Gasteiger partial charge in [0.1, 0.15) is 5.75 Å². The van der Waals surface area contributed by atoms with Crippen molar-refractivity contribution in [2.24, 2.45) is 0 Å². The lowest BCUT2D eigenvalue weighted by Gasteiger charge is -2.07. The zero-order chi connectivity index (χ0) is 13.2. The minimum Gasteiger partial charge on any atom is -0.507 e. The van der Waals surface area contributed by atoms with Crippen LogP contribution in [0.15, 0.2) is 47.1 Å². The van der Waals surface area contributed by atoms with Crippen molar-refractivity contribution < 1.29 is 5.11 Å². The summed E-state index contributed by atoms with van der Waals surface area (Å²) in [6.07, 6.45) is 1.80. The van der Waals surface area contributed by atoms with E-state index in [1.807, 2.05) is 30.3 Å². The molecule has 0 aliphatic carbocycles. The number of aromatic nitrogens is 2. The Morgan fingerprint density at radius 1 is 1.21 bits per heavy atom. The summed E-state index contributed by atoms with van der Waals surface area (Å²) in [7, 11) is 0. The molecule has 0 atom stereocenters. The number of rotatable bonds is 3. The van der Waals surface area contributed by atoms with Crippen LogP contribution in [0.5, 0.6) is 5.75 Å². The van der Waals surface area contributed by atoms with Gasteiger partial charge in [0.2, 0.25) is 0 Å². The van der Waals surface area contributed by atoms with E-state index in [1.54, 1.807) is 12.3 Å². The van der Waals surface area contributed by atoms with E-state index in [0.29, 0.717) is 11.0 Å². The van der Waals surface area contributed by atoms with Crippen LogP contribution >= 0.6 is 15.9 Å². The van der Waals surface area contributed by atoms with Gasteiger partial charge in [-0.2, -0.15) is 5.10 Å². The first-order chi connectivity index (χ1) is 9.22. The maximum Gasteiger partial charge on any atom is 0.129 e. The van der Waals surface area contributed by atoms with E-state index in [0.717, 1.165) is 22.2 Å². The Kier molecular flexibility index (Phi) is 3.13. The lowest BCUT2D eigenvalue weighted by molar-refractivity contribution is 0.471. The standard InChI is InChI=1S/C14H12BrN3O/c15-12-5-9(1-4-14(12)19)7-16-11-2-3-13-10(6-11)8-17-18-13/h1-6,8,16,19H,7H2,(H,17,18). The first-order valence-electron chi connectivity index (χ1n) is 5.87. The molecule has 0 aliphatic rings. The van der Waals surface area contributed by atoms with Gasteiger partial charge in [-0.25, -0.2) is 0 Å². The summed E-state index contributed by atoms with van der Waals surface area (Å²) in [6, 6.07) is 11.5. The van der Waals surface area contributed by atoms with Gasteiger partial charge < -0.3 is 10.4 Å². The zero-order valence-electron chi connectivity index (χ0n) is 10.0. The van der Waals surface area contributed by atoms with Gasteiger partial charge in [0.05, 0.1) is 16.2 Å². The molecule has 0 aliphatic heterocycles. The molecular formula is C14H12BrN3O. The summed E-state index contributed by atoms with van der Waals surface area (Å²) in [4.78, 5) is 0. The molecule has 1 aromatic heterocycles. The number of anilines is 1. The number of hydrogen-bond donors (Lipinski definition) is 3. The number of H-pyrrole nitrogens is 1. The van der Waals surface area contributed by atoms with Gasteiger partial charge >= 0.3 is 0 Å². The third-order valence-corrected chi connectivity index (χ3v) is 3.58. The molecule has 0 radical (unpaired) electrons. The fraction of sp³-hybridized carbons (Fsp3) is 0.0714. The van der Waals surface area contributed by atoms with Crippen LogP contribution in [-0.2, 0) is 6.54 Å². The molecule has 2 aromatic carbocycles. The molecule has 0 bridgehead atoms. The van der Waals surface area contributed by atoms with Crippen molar-refractivity contribution in [3.8, 4) is 5.75 Å². The average molecular weight is 318 g/mol. The highest BCUT2D eigenvalue weighted by molar-refractivity contribution is 9.10. The molecule has 0 spiro atoms. The van der Waals surface area contributed by atoms with Crippen molar-refractivity contribution in [2.75, 3.05) is 5.32 Å². The zero-order valence-corrected chi connectivity index (χ0v) is 11.6. The molecule has 0 amide bonds. The molecule has 4 nitrogen and oxygen atoms in total. The lowest BCUT2D eigenvalue weighted by atomic mass is 10.2. The highest BCUT2D eigenvalue weighted by Gasteiger charge is 2.01. The normalized spacial score (nSPS) is 10.8. The Morgan fingerprint density at radius 3 is 2.95 bits per heavy atom. The van der Waals surface area contributed by atoms with Gasteiger partial charge in [0, 0.05) is 17.6 Å². The molecule has 3 aromatic rings. The number of benzene rings is 2. The predicted octanol–water partition coefficient (Wildman–Crippen LogP) is 3.64. The highest BCUT2D eigenvalue weighted by Crippen LogP contribution is 2.25. The Bertz CT molecular complexity index is 724. The van der Waals surface area contributed by atoms with Crippen LogP contribution in [0.25, 0.3) is 10.9 Å². The van der Waals surface area contributed by atoms with Crippen LogP contribution in [0.1, 0.15) is 5.56 Å². The summed E-state index contributed by atoms with van der Waals surface area (Å²) in [5, 5.41) is 20.8. The van der Waals surface area contributed by atoms with E-state index < -0.39 is 0 Å². The van der Waals surface area contributed by atoms with E-state index in [9.17, 15) is 5.11 Å². The summed E-state index contributed by atoms with van der Waals surface area (Å²) in [5.41, 5.74) is 3.16. The van der Waals surface area contributed by atoms with Gasteiger partial charge in [0.15, 0.2) is 0 Å². The van der Waals surface area contributed by atoms with E-state index in [1.165, 1.54) is 0 Å². The summed E-state index contributed by atoms with van der Waals surface area (Å²) in [6.45, 7) is 0.697. The van der Waals surface area contributed by atoms with Crippen LogP contribution in [-0.4, -0.2) is 15.3 Å². The van der Waals surface area contributed by atoms with E-state index >= 15 is 0 Å². The Hall–Kier alpha value is -2.01. The number of nitrogens with one attached hydrogen (secondary N) is 2. The molecule has 5 heteroatoms. The minimum atomic E-state index is 0.253. The molecule has 96 valence electrons. The number of aromatic hydroxyl groups is 1. The highest BCUT2D eigenvalue weighted by atomic mass is 79.9. The third kappa shape index (κ3) is 2.56. The van der Waals surface area contributed by atoms with E-state index in [4.69, 9.17) is 0 Å². The number of phenols is 1. The van der Waals surface area contributed by atoms with Gasteiger partial charge in [-0.3, -0.25) is 5.10 Å². The molecule has 3 rings (SSSR count). The second-order valence-corrected chi connectivity index (χ2v) is 5.17. The maximum absolute atomic E-state index is 9.45. The molecular weight excluding hydrogens is 306 g/mol. The molecule has 0 fully saturated rings. The van der Waals surface area contributed by atoms with Crippen molar-refractivity contribution in [1.29, 1.82) is 0 Å². The molecule has 0 saturated carbocycles. The van der Waals surface area contributed by atoms with Gasteiger partial charge in [-0.15, -0.1) is 0 Å². The SMILES string of the molecule is Oc1ccc(CNc2ccc3[nH]ncc3c2)cc1Br. The fourth-order valence-electron chi connectivity index (χ4n) is 1.92. The van der Waals surface area contributed by atoms with Crippen LogP contribution < -0.4 is 5.32 Å². The quantitative estimate of drug-likeness (QED) is 0.691. The Balaban J connectivity index is 1.75. The number of nitrogens with zero attached hydrogens (tertiary/aromatic N) is 1. The van der Waals surface area contributed by atoms with Crippen LogP contribution in [0.2, 0.25) is 0 Å². The van der Waals surface area contributed by atoms with E-state index in [2.05, 4.69) is 31.4 Å². The van der Waals surface area contributed by atoms with Gasteiger partial charge in [-0.05, 0) is 51.8 Å². The van der Waals surface area contributed by atoms with Crippen molar-refractivity contribution in [1.82, 2.24) is 10.2 Å². The molecule has 1 heterocycles. The van der Waals surface area contributed by atoms with Gasteiger partial charge in [0.25, 0.3) is 0 Å². The molecule has 3 N–H and O–H groups in total. The molecule has 19 heavy (non-hydrogen) atoms. The summed E-state index contributed by atoms with van der Waals surface area (Å²) in [5.74, 6) is 0.253. The van der Waals surface area contributed by atoms with Crippen molar-refractivity contribution in [2.45, 2.75) is 6.54 Å². The second kappa shape index (κ2) is 4.93. The molecule has 0 unspecified atom stereocenters.